The van der Waals surface area contributed by atoms with Gasteiger partial charge in [0.1, 0.15) is 11.5 Å². The van der Waals surface area contributed by atoms with E-state index in [1.165, 1.54) is 18.3 Å². The molecule has 0 aliphatic rings. The van der Waals surface area contributed by atoms with Gasteiger partial charge in [0.15, 0.2) is 0 Å². The molecule has 0 unspecified atom stereocenters. The van der Waals surface area contributed by atoms with E-state index < -0.39 is 17.7 Å². The number of pyridine rings is 2. The summed E-state index contributed by atoms with van der Waals surface area (Å²) in [4.78, 5) is 18.1. The van der Waals surface area contributed by atoms with Crippen molar-refractivity contribution in [1.82, 2.24) is 9.97 Å². The molecule has 0 aliphatic heterocycles. The average molecular weight is 297 g/mol. The average Bonchev–Trinajstić information content (AvgIpc) is 2.45. The van der Waals surface area contributed by atoms with Crippen LogP contribution >= 0.6 is 0 Å². The van der Waals surface area contributed by atoms with Gasteiger partial charge >= 0.3 is 12.1 Å². The first-order valence-electron chi connectivity index (χ1n) is 5.81. The van der Waals surface area contributed by atoms with Gasteiger partial charge in [-0.1, -0.05) is 6.07 Å². The molecule has 0 aromatic carbocycles. The zero-order chi connectivity index (χ0) is 15.5. The Bertz CT molecular complexity index is 642. The predicted molar refractivity (Wildman–Crippen MR) is 67.8 cm³/mol. The Morgan fingerprint density at radius 2 is 2.00 bits per heavy atom. The second kappa shape index (κ2) is 5.78. The van der Waals surface area contributed by atoms with Crippen molar-refractivity contribution in [3.63, 3.8) is 0 Å². The number of rotatable bonds is 4. The van der Waals surface area contributed by atoms with Gasteiger partial charge in [-0.05, 0) is 23.8 Å². The third-order valence-electron chi connectivity index (χ3n) is 2.60. The largest absolute Gasteiger partial charge is 0.477 e. The van der Waals surface area contributed by atoms with Crippen molar-refractivity contribution in [1.29, 1.82) is 0 Å². The van der Waals surface area contributed by atoms with Crippen LogP contribution in [0.15, 0.2) is 36.7 Å². The zero-order valence-corrected chi connectivity index (χ0v) is 10.6. The number of hydrogen-bond donors (Lipinski definition) is 2. The van der Waals surface area contributed by atoms with Crippen LogP contribution in [0.1, 0.15) is 21.6 Å². The highest BCUT2D eigenvalue weighted by Crippen LogP contribution is 2.29. The lowest BCUT2D eigenvalue weighted by Gasteiger charge is -2.09. The number of hydrogen-bond acceptors (Lipinski definition) is 4. The fourth-order valence-corrected chi connectivity index (χ4v) is 1.55. The molecule has 5 nitrogen and oxygen atoms in total. The van der Waals surface area contributed by atoms with E-state index in [9.17, 15) is 18.0 Å². The number of carbonyl (C=O) groups is 1. The Hall–Kier alpha value is -2.64. The standard InChI is InChI=1S/C13H10F3N3O2/c14-13(15,16)9-3-4-17-11(5-9)19-7-8-1-2-10(12(20)21)18-6-8/h1-6H,7H2,(H,17,19)(H,20,21). The van der Waals surface area contributed by atoms with Crippen molar-refractivity contribution >= 4 is 11.8 Å². The smallest absolute Gasteiger partial charge is 0.416 e. The third-order valence-corrected chi connectivity index (χ3v) is 2.60. The number of nitrogens with one attached hydrogen (secondary N) is 1. The highest BCUT2D eigenvalue weighted by molar-refractivity contribution is 5.85. The minimum Gasteiger partial charge on any atom is -0.477 e. The Balaban J connectivity index is 2.04. The van der Waals surface area contributed by atoms with Crippen molar-refractivity contribution in [3.05, 3.63) is 53.5 Å². The summed E-state index contributed by atoms with van der Waals surface area (Å²) in [5.41, 5.74) is -0.269. The van der Waals surface area contributed by atoms with Crippen LogP contribution in [0, 0.1) is 0 Å². The molecule has 0 saturated carbocycles. The molecule has 110 valence electrons. The number of carboxylic acids is 1. The molecule has 0 atom stereocenters. The molecule has 2 N–H and O–H groups in total. The molecular formula is C13H10F3N3O2. The lowest BCUT2D eigenvalue weighted by Crippen LogP contribution is -2.08. The van der Waals surface area contributed by atoms with Crippen molar-refractivity contribution < 1.29 is 23.1 Å². The maximum absolute atomic E-state index is 12.5. The molecule has 0 aliphatic carbocycles. The van der Waals surface area contributed by atoms with Crippen molar-refractivity contribution in [2.75, 3.05) is 5.32 Å². The molecule has 0 fully saturated rings. The lowest BCUT2D eigenvalue weighted by molar-refractivity contribution is -0.137. The van der Waals surface area contributed by atoms with Gasteiger partial charge in [0, 0.05) is 18.9 Å². The van der Waals surface area contributed by atoms with Gasteiger partial charge in [-0.15, -0.1) is 0 Å². The summed E-state index contributed by atoms with van der Waals surface area (Å²) in [6, 6.07) is 4.63. The third kappa shape index (κ3) is 3.91. The van der Waals surface area contributed by atoms with E-state index in [4.69, 9.17) is 5.11 Å². The van der Waals surface area contributed by atoms with Crippen molar-refractivity contribution in [2.24, 2.45) is 0 Å². The van der Waals surface area contributed by atoms with Gasteiger partial charge in [0.2, 0.25) is 0 Å². The Labute approximate surface area is 117 Å². The van der Waals surface area contributed by atoms with Gasteiger partial charge in [0.25, 0.3) is 0 Å². The van der Waals surface area contributed by atoms with E-state index in [-0.39, 0.29) is 18.1 Å². The summed E-state index contributed by atoms with van der Waals surface area (Å²) in [5.74, 6) is -1.07. The molecule has 0 amide bonds. The summed E-state index contributed by atoms with van der Waals surface area (Å²) in [6.07, 6.45) is -2.02. The van der Waals surface area contributed by atoms with Crippen LogP contribution < -0.4 is 5.32 Å². The predicted octanol–water partition coefficient (Wildman–Crippen LogP) is 2.81. The van der Waals surface area contributed by atoms with E-state index >= 15 is 0 Å². The fourth-order valence-electron chi connectivity index (χ4n) is 1.55. The minimum absolute atomic E-state index is 0.0761. The number of alkyl halides is 3. The highest BCUT2D eigenvalue weighted by Gasteiger charge is 2.30. The van der Waals surface area contributed by atoms with Crippen LogP contribution in [0.5, 0.6) is 0 Å². The van der Waals surface area contributed by atoms with Crippen LogP contribution in [0.3, 0.4) is 0 Å². The molecule has 8 heteroatoms. The second-order valence-electron chi connectivity index (χ2n) is 4.14. The summed E-state index contributed by atoms with van der Waals surface area (Å²) in [5, 5.41) is 11.4. The number of aromatic nitrogens is 2. The summed E-state index contributed by atoms with van der Waals surface area (Å²) >= 11 is 0. The molecular weight excluding hydrogens is 287 g/mol. The molecule has 2 aromatic rings. The maximum atomic E-state index is 12.5. The minimum atomic E-state index is -4.43. The Morgan fingerprint density at radius 3 is 2.57 bits per heavy atom. The topological polar surface area (TPSA) is 75.1 Å². The van der Waals surface area contributed by atoms with Gasteiger partial charge in [-0.2, -0.15) is 13.2 Å². The SMILES string of the molecule is O=C(O)c1ccc(CNc2cc(C(F)(F)F)ccn2)cn1. The normalized spacial score (nSPS) is 11.2. The number of halogens is 3. The Morgan fingerprint density at radius 1 is 1.24 bits per heavy atom. The number of nitrogens with zero attached hydrogens (tertiary/aromatic N) is 2. The van der Waals surface area contributed by atoms with Gasteiger partial charge in [-0.3, -0.25) is 0 Å². The lowest BCUT2D eigenvalue weighted by atomic mass is 10.2. The quantitative estimate of drug-likeness (QED) is 0.907. The van der Waals surface area contributed by atoms with Crippen molar-refractivity contribution in [3.8, 4) is 0 Å². The molecule has 2 heterocycles. The Kier molecular flexibility index (Phi) is 4.06. The summed E-state index contributed by atoms with van der Waals surface area (Å²) in [7, 11) is 0. The van der Waals surface area contributed by atoms with E-state index in [1.807, 2.05) is 0 Å². The van der Waals surface area contributed by atoms with Gasteiger partial charge in [-0.25, -0.2) is 14.8 Å². The van der Waals surface area contributed by atoms with Crippen LogP contribution in [0.2, 0.25) is 0 Å². The first-order valence-corrected chi connectivity index (χ1v) is 5.81. The first-order chi connectivity index (χ1) is 9.86. The van der Waals surface area contributed by atoms with Gasteiger partial charge < -0.3 is 10.4 Å². The maximum Gasteiger partial charge on any atom is 0.416 e. The number of aromatic carboxylic acids is 1. The number of carboxylic acid groups (broad SMARTS) is 1. The fraction of sp³-hybridized carbons (Fsp3) is 0.154. The molecule has 0 saturated heterocycles. The van der Waals surface area contributed by atoms with E-state index in [0.29, 0.717) is 5.56 Å². The summed E-state index contributed by atoms with van der Waals surface area (Å²) < 4.78 is 37.6. The van der Waals surface area contributed by atoms with Crippen LogP contribution in [0.25, 0.3) is 0 Å². The van der Waals surface area contributed by atoms with Crippen LogP contribution in [-0.2, 0) is 12.7 Å². The molecule has 0 bridgehead atoms. The van der Waals surface area contributed by atoms with E-state index in [2.05, 4.69) is 15.3 Å². The molecule has 0 radical (unpaired) electrons. The highest BCUT2D eigenvalue weighted by atomic mass is 19.4. The zero-order valence-electron chi connectivity index (χ0n) is 10.6. The second-order valence-corrected chi connectivity index (χ2v) is 4.14. The monoisotopic (exact) mass is 297 g/mol. The first kappa shape index (κ1) is 14.8. The molecule has 2 rings (SSSR count). The molecule has 0 spiro atoms. The summed E-state index contributed by atoms with van der Waals surface area (Å²) in [6.45, 7) is 0.182. The molecule has 21 heavy (non-hydrogen) atoms. The van der Waals surface area contributed by atoms with Gasteiger partial charge in [0.05, 0.1) is 5.56 Å². The van der Waals surface area contributed by atoms with E-state index in [1.54, 1.807) is 0 Å². The number of anilines is 1. The van der Waals surface area contributed by atoms with Crippen LogP contribution in [-0.4, -0.2) is 21.0 Å². The van der Waals surface area contributed by atoms with Crippen molar-refractivity contribution in [2.45, 2.75) is 12.7 Å². The molecule has 2 aromatic heterocycles. The van der Waals surface area contributed by atoms with Crippen LogP contribution in [0.4, 0.5) is 19.0 Å². The van der Waals surface area contributed by atoms with E-state index in [0.717, 1.165) is 18.3 Å².